The lowest BCUT2D eigenvalue weighted by Crippen LogP contribution is -2.38. The van der Waals surface area contributed by atoms with Crippen LogP contribution in [0.2, 0.25) is 0 Å². The number of nitrogens with zero attached hydrogens (tertiary/aromatic N) is 4. The van der Waals surface area contributed by atoms with Gasteiger partial charge in [-0.2, -0.15) is 0 Å². The third-order valence-electron chi connectivity index (χ3n) is 6.12. The number of fused-ring (bicyclic) bond motifs is 2. The number of benzene rings is 1. The summed E-state index contributed by atoms with van der Waals surface area (Å²) in [5, 5.41) is 3.35. The van der Waals surface area contributed by atoms with Gasteiger partial charge in [-0.1, -0.05) is 18.2 Å². The minimum atomic E-state index is -4.37. The molecule has 1 unspecified atom stereocenters. The lowest BCUT2D eigenvalue weighted by atomic mass is 10.1. The summed E-state index contributed by atoms with van der Waals surface area (Å²) in [6.07, 6.45) is 5.20. The van der Waals surface area contributed by atoms with Crippen LogP contribution < -0.4 is 10.8 Å². The number of esters is 1. The minimum absolute atomic E-state index is 0.130. The number of hydrogen-bond donors (Lipinski definition) is 4. The first kappa shape index (κ1) is 24.3. The quantitative estimate of drug-likeness (QED) is 0.189. The number of nitrogens with two attached hydrogens (primary N) is 1. The molecule has 0 radical (unpaired) electrons. The van der Waals surface area contributed by atoms with Gasteiger partial charge in [0, 0.05) is 23.5 Å². The van der Waals surface area contributed by atoms with Gasteiger partial charge in [0.1, 0.15) is 24.1 Å². The number of aromatic nitrogens is 5. The van der Waals surface area contributed by atoms with Crippen LogP contribution in [0.4, 0.5) is 5.82 Å². The monoisotopic (exact) mass is 515 g/mol. The fourth-order valence-electron chi connectivity index (χ4n) is 4.36. The van der Waals surface area contributed by atoms with Crippen LogP contribution in [0.15, 0.2) is 43.1 Å². The number of aromatic amines is 1. The summed E-state index contributed by atoms with van der Waals surface area (Å²) in [6.45, 7) is -0.151. The molecule has 0 saturated carbocycles. The van der Waals surface area contributed by atoms with Crippen molar-refractivity contribution in [1.82, 2.24) is 29.6 Å². The summed E-state index contributed by atoms with van der Waals surface area (Å²) in [4.78, 5) is 38.4. The molecule has 1 aromatic carbocycles. The highest BCUT2D eigenvalue weighted by atomic mass is 31.2. The van der Waals surface area contributed by atoms with Crippen LogP contribution in [0.3, 0.4) is 0 Å². The molecular formula is C22H26N7O6P. The molecule has 4 atom stereocenters. The Balaban J connectivity index is 1.21. The number of carbonyl (C=O) groups is 1. The zero-order valence-electron chi connectivity index (χ0n) is 19.4. The topological polar surface area (TPSA) is 179 Å². The van der Waals surface area contributed by atoms with Crippen molar-refractivity contribution in [2.45, 2.75) is 37.6 Å². The largest absolute Gasteiger partial charge is 0.468 e. The number of nitrogens with one attached hydrogen (secondary N) is 2. The number of hydrogen-bond acceptors (Lipinski definition) is 9. The number of carbonyl (C=O) groups excluding carboxylic acids is 1. The number of nitrogen functional groups attached to an aromatic ring is 1. The van der Waals surface area contributed by atoms with Gasteiger partial charge < -0.3 is 25.1 Å². The molecule has 1 aliphatic heterocycles. The highest BCUT2D eigenvalue weighted by Gasteiger charge is 2.34. The zero-order chi connectivity index (χ0) is 25.3. The average Bonchev–Trinajstić information content (AvgIpc) is 3.61. The van der Waals surface area contributed by atoms with Crippen molar-refractivity contribution in [3.8, 4) is 0 Å². The van der Waals surface area contributed by atoms with Crippen molar-refractivity contribution in [3.05, 3.63) is 48.7 Å². The van der Waals surface area contributed by atoms with Gasteiger partial charge in [-0.25, -0.2) is 24.6 Å². The second kappa shape index (κ2) is 9.96. The smallest absolute Gasteiger partial charge is 0.403 e. The number of para-hydroxylation sites is 1. The van der Waals surface area contributed by atoms with Crippen LogP contribution in [0.5, 0.6) is 0 Å². The van der Waals surface area contributed by atoms with Crippen LogP contribution in [0.1, 0.15) is 24.6 Å². The van der Waals surface area contributed by atoms with Gasteiger partial charge in [-0.3, -0.25) is 13.9 Å². The Labute approximate surface area is 205 Å². The molecule has 36 heavy (non-hydrogen) atoms. The fourth-order valence-corrected chi connectivity index (χ4v) is 5.39. The molecule has 0 amide bonds. The fraction of sp³-hybridized carbons (Fsp3) is 0.364. The van der Waals surface area contributed by atoms with E-state index in [1.54, 1.807) is 17.1 Å². The number of anilines is 1. The third kappa shape index (κ3) is 4.97. The molecule has 0 spiro atoms. The predicted molar refractivity (Wildman–Crippen MR) is 130 cm³/mol. The van der Waals surface area contributed by atoms with E-state index in [1.165, 1.54) is 13.4 Å². The van der Waals surface area contributed by atoms with Gasteiger partial charge in [-0.15, -0.1) is 0 Å². The van der Waals surface area contributed by atoms with E-state index in [9.17, 15) is 14.3 Å². The van der Waals surface area contributed by atoms with Gasteiger partial charge in [0.2, 0.25) is 0 Å². The van der Waals surface area contributed by atoms with E-state index in [-0.39, 0.29) is 25.1 Å². The Morgan fingerprint density at radius 3 is 3.03 bits per heavy atom. The zero-order valence-corrected chi connectivity index (χ0v) is 20.3. The Hall–Kier alpha value is -3.35. The van der Waals surface area contributed by atoms with Crippen LogP contribution in [-0.4, -0.2) is 61.2 Å². The number of H-pyrrole nitrogens is 1. The van der Waals surface area contributed by atoms with Gasteiger partial charge >= 0.3 is 13.7 Å². The molecule has 1 aliphatic rings. The second-order valence-electron chi connectivity index (χ2n) is 8.46. The first-order valence-corrected chi connectivity index (χ1v) is 12.9. The first-order chi connectivity index (χ1) is 17.3. The van der Waals surface area contributed by atoms with Crippen molar-refractivity contribution < 1.29 is 28.3 Å². The van der Waals surface area contributed by atoms with Gasteiger partial charge in [0.15, 0.2) is 11.5 Å². The van der Waals surface area contributed by atoms with E-state index in [2.05, 4.69) is 25.0 Å². The SMILES string of the molecule is COC(=O)[C@H](Cc1c[nH]c2ccccc12)NP(=O)(O)OC[C@@H]1CC[C@H](n2cnc3c(N)ncnc32)O1. The Morgan fingerprint density at radius 1 is 1.36 bits per heavy atom. The van der Waals surface area contributed by atoms with Gasteiger partial charge in [-0.05, 0) is 24.5 Å². The van der Waals surface area contributed by atoms with E-state index in [4.69, 9.17) is 19.7 Å². The average molecular weight is 515 g/mol. The molecule has 13 nitrogen and oxygen atoms in total. The van der Waals surface area contributed by atoms with E-state index >= 15 is 0 Å². The maximum Gasteiger partial charge on any atom is 0.403 e. The molecule has 4 aromatic rings. The molecule has 190 valence electrons. The molecule has 0 bridgehead atoms. The van der Waals surface area contributed by atoms with Crippen molar-refractivity contribution in [3.63, 3.8) is 0 Å². The summed E-state index contributed by atoms with van der Waals surface area (Å²) in [7, 11) is -3.15. The third-order valence-corrected chi connectivity index (χ3v) is 7.26. The molecule has 1 fully saturated rings. The van der Waals surface area contributed by atoms with Gasteiger partial charge in [0.25, 0.3) is 0 Å². The van der Waals surface area contributed by atoms with Crippen LogP contribution >= 0.6 is 7.75 Å². The summed E-state index contributed by atoms with van der Waals surface area (Å²) < 4.78 is 30.7. The molecule has 0 aliphatic carbocycles. The Bertz CT molecular complexity index is 1440. The minimum Gasteiger partial charge on any atom is -0.468 e. The maximum absolute atomic E-state index is 12.8. The summed E-state index contributed by atoms with van der Waals surface area (Å²) >= 11 is 0. The number of rotatable bonds is 9. The Kier molecular flexibility index (Phi) is 6.73. The summed E-state index contributed by atoms with van der Waals surface area (Å²) in [5.74, 6) is -0.402. The van der Waals surface area contributed by atoms with Crippen molar-refractivity contribution in [1.29, 1.82) is 0 Å². The molecule has 14 heteroatoms. The molecular weight excluding hydrogens is 489 g/mol. The number of ether oxygens (including phenoxy) is 2. The van der Waals surface area contributed by atoms with Crippen molar-refractivity contribution in [2.24, 2.45) is 0 Å². The molecule has 1 saturated heterocycles. The summed E-state index contributed by atoms with van der Waals surface area (Å²) in [6, 6.07) is 6.49. The highest BCUT2D eigenvalue weighted by Crippen LogP contribution is 2.40. The van der Waals surface area contributed by atoms with E-state index in [0.29, 0.717) is 24.0 Å². The second-order valence-corrected chi connectivity index (χ2v) is 10.0. The standard InChI is InChI=1S/C22H26N7O6P/c1-33-22(30)17(8-13-9-24-16-5-3-2-4-15(13)16)28-36(31,32)34-10-14-6-7-18(35-14)29-12-27-19-20(23)25-11-26-21(19)29/h2-5,9,11-12,14,17-18,24H,6-8,10H2,1H3,(H2,23,25,26)(H2,28,31,32)/t14-,17-,18+/m0/s1. The maximum atomic E-state index is 12.8. The van der Waals surface area contributed by atoms with Crippen molar-refractivity contribution in [2.75, 3.05) is 19.5 Å². The van der Waals surface area contributed by atoms with E-state index in [1.807, 2.05) is 24.3 Å². The lowest BCUT2D eigenvalue weighted by molar-refractivity contribution is -0.142. The molecule has 4 heterocycles. The molecule has 5 rings (SSSR count). The van der Waals surface area contributed by atoms with Crippen LogP contribution in [-0.2, 0) is 29.8 Å². The highest BCUT2D eigenvalue weighted by molar-refractivity contribution is 7.50. The lowest BCUT2D eigenvalue weighted by Gasteiger charge is -2.21. The molecule has 5 N–H and O–H groups in total. The van der Waals surface area contributed by atoms with Crippen molar-refractivity contribution >= 4 is 41.6 Å². The number of methoxy groups -OCH3 is 1. The normalized spacial score (nSPS) is 20.5. The number of imidazole rings is 1. The van der Waals surface area contributed by atoms with E-state index < -0.39 is 25.9 Å². The van der Waals surface area contributed by atoms with Crippen LogP contribution in [0, 0.1) is 0 Å². The Morgan fingerprint density at radius 2 is 2.19 bits per heavy atom. The summed E-state index contributed by atoms with van der Waals surface area (Å²) in [5.41, 5.74) is 8.56. The van der Waals surface area contributed by atoms with Gasteiger partial charge in [0.05, 0.1) is 26.1 Å². The first-order valence-electron chi connectivity index (χ1n) is 11.3. The molecule has 3 aromatic heterocycles. The van der Waals surface area contributed by atoms with E-state index in [0.717, 1.165) is 16.5 Å². The predicted octanol–water partition coefficient (Wildman–Crippen LogP) is 2.06. The van der Waals surface area contributed by atoms with Crippen LogP contribution in [0.25, 0.3) is 22.1 Å².